The maximum absolute atomic E-state index is 11.1. The van der Waals surface area contributed by atoms with Crippen molar-refractivity contribution in [2.75, 3.05) is 5.32 Å². The summed E-state index contributed by atoms with van der Waals surface area (Å²) in [4.78, 5) is 19.8. The zero-order valence-corrected chi connectivity index (χ0v) is 15.7. The van der Waals surface area contributed by atoms with Gasteiger partial charge in [0.1, 0.15) is 5.69 Å². The molecule has 0 saturated carbocycles. The Morgan fingerprint density at radius 1 is 1.14 bits per heavy atom. The molecule has 7 nitrogen and oxygen atoms in total. The molecule has 2 heterocycles. The summed E-state index contributed by atoms with van der Waals surface area (Å²) in [5.74, 6) is 0.740. The number of benzene rings is 2. The topological polar surface area (TPSA) is 85.8 Å². The number of rotatable bonds is 5. The number of carbonyl (C=O) groups excluding carboxylic acids is 1. The molecule has 0 fully saturated rings. The van der Waals surface area contributed by atoms with Gasteiger partial charge in [0.25, 0.3) is 5.89 Å². The van der Waals surface area contributed by atoms with Crippen molar-refractivity contribution < 1.29 is 9.32 Å². The number of nitrogens with one attached hydrogen (secondary N) is 1. The first-order chi connectivity index (χ1) is 13.6. The van der Waals surface area contributed by atoms with Gasteiger partial charge in [0, 0.05) is 35.9 Å². The van der Waals surface area contributed by atoms with Crippen molar-refractivity contribution in [1.29, 1.82) is 0 Å². The number of amides is 1. The molecule has 0 atom stereocenters. The van der Waals surface area contributed by atoms with Crippen LogP contribution in [0.3, 0.4) is 0 Å². The SMILES string of the molecule is CC(=O)Nc1ccc(Cn2cnc(-c3nc(-c4ccc(Cl)cc4)no3)c2)cc1. The fourth-order valence-electron chi connectivity index (χ4n) is 2.71. The molecule has 0 spiro atoms. The van der Waals surface area contributed by atoms with Crippen LogP contribution in [0.5, 0.6) is 0 Å². The average molecular weight is 394 g/mol. The van der Waals surface area contributed by atoms with E-state index in [1.165, 1.54) is 6.92 Å². The predicted molar refractivity (Wildman–Crippen MR) is 106 cm³/mol. The van der Waals surface area contributed by atoms with Crippen molar-refractivity contribution in [2.45, 2.75) is 13.5 Å². The first-order valence-corrected chi connectivity index (χ1v) is 8.93. The van der Waals surface area contributed by atoms with Crippen LogP contribution in [-0.2, 0) is 11.3 Å². The van der Waals surface area contributed by atoms with E-state index >= 15 is 0 Å². The molecule has 140 valence electrons. The Balaban J connectivity index is 1.47. The molecule has 1 N–H and O–H groups in total. The molecule has 0 aliphatic carbocycles. The van der Waals surface area contributed by atoms with E-state index in [1.54, 1.807) is 18.5 Å². The summed E-state index contributed by atoms with van der Waals surface area (Å²) in [6, 6.07) is 14.9. The second kappa shape index (κ2) is 7.66. The normalized spacial score (nSPS) is 10.8. The van der Waals surface area contributed by atoms with E-state index in [1.807, 2.05) is 47.2 Å². The zero-order valence-electron chi connectivity index (χ0n) is 15.0. The van der Waals surface area contributed by atoms with Gasteiger partial charge >= 0.3 is 0 Å². The lowest BCUT2D eigenvalue weighted by Gasteiger charge is -2.05. The summed E-state index contributed by atoms with van der Waals surface area (Å²) in [5, 5.41) is 7.40. The van der Waals surface area contributed by atoms with Crippen molar-refractivity contribution in [1.82, 2.24) is 19.7 Å². The molecule has 0 unspecified atom stereocenters. The van der Waals surface area contributed by atoms with Crippen LogP contribution in [0.15, 0.2) is 65.6 Å². The smallest absolute Gasteiger partial charge is 0.278 e. The predicted octanol–water partition coefficient (Wildman–Crippen LogP) is 4.26. The minimum atomic E-state index is -0.0930. The van der Waals surface area contributed by atoms with E-state index in [0.717, 1.165) is 16.8 Å². The van der Waals surface area contributed by atoms with Crippen LogP contribution < -0.4 is 5.32 Å². The summed E-state index contributed by atoms with van der Waals surface area (Å²) in [5.41, 5.74) is 3.26. The van der Waals surface area contributed by atoms with E-state index in [4.69, 9.17) is 16.1 Å². The zero-order chi connectivity index (χ0) is 19.5. The van der Waals surface area contributed by atoms with Gasteiger partial charge in [-0.25, -0.2) is 4.98 Å². The highest BCUT2D eigenvalue weighted by Gasteiger charge is 2.13. The molecule has 4 aromatic rings. The number of anilines is 1. The minimum absolute atomic E-state index is 0.0930. The van der Waals surface area contributed by atoms with Crippen LogP contribution in [0.2, 0.25) is 5.02 Å². The molecule has 0 aliphatic rings. The lowest BCUT2D eigenvalue weighted by Crippen LogP contribution is -2.05. The molecule has 1 amide bonds. The summed E-state index contributed by atoms with van der Waals surface area (Å²) in [7, 11) is 0. The van der Waals surface area contributed by atoms with Gasteiger partial charge in [0.2, 0.25) is 11.7 Å². The average Bonchev–Trinajstić information content (AvgIpc) is 3.33. The number of aromatic nitrogens is 4. The Bertz CT molecular complexity index is 1100. The van der Waals surface area contributed by atoms with Crippen LogP contribution in [0, 0.1) is 0 Å². The summed E-state index contributed by atoms with van der Waals surface area (Å²) >= 11 is 5.90. The highest BCUT2D eigenvalue weighted by Crippen LogP contribution is 2.22. The van der Waals surface area contributed by atoms with Gasteiger partial charge in [0.05, 0.1) is 6.33 Å². The number of nitrogens with zero attached hydrogens (tertiary/aromatic N) is 4. The quantitative estimate of drug-likeness (QED) is 0.547. The fourth-order valence-corrected chi connectivity index (χ4v) is 2.83. The summed E-state index contributed by atoms with van der Waals surface area (Å²) < 4.78 is 7.27. The van der Waals surface area contributed by atoms with Crippen LogP contribution >= 0.6 is 11.6 Å². The monoisotopic (exact) mass is 393 g/mol. The molecule has 28 heavy (non-hydrogen) atoms. The maximum Gasteiger partial charge on any atom is 0.278 e. The second-order valence-corrected chi connectivity index (χ2v) is 6.68. The summed E-state index contributed by atoms with van der Waals surface area (Å²) in [6.07, 6.45) is 3.56. The van der Waals surface area contributed by atoms with E-state index in [0.29, 0.717) is 29.0 Å². The lowest BCUT2D eigenvalue weighted by atomic mass is 10.2. The van der Waals surface area contributed by atoms with Gasteiger partial charge in [-0.2, -0.15) is 4.98 Å². The largest absolute Gasteiger partial charge is 0.332 e. The third kappa shape index (κ3) is 4.10. The van der Waals surface area contributed by atoms with Gasteiger partial charge in [0.15, 0.2) is 0 Å². The van der Waals surface area contributed by atoms with Crippen molar-refractivity contribution >= 4 is 23.2 Å². The molecular weight excluding hydrogens is 378 g/mol. The highest BCUT2D eigenvalue weighted by atomic mass is 35.5. The number of carbonyl (C=O) groups is 1. The van der Waals surface area contributed by atoms with Crippen molar-refractivity contribution in [2.24, 2.45) is 0 Å². The molecule has 0 radical (unpaired) electrons. The number of halogens is 1. The number of imidazole rings is 1. The second-order valence-electron chi connectivity index (χ2n) is 6.24. The van der Waals surface area contributed by atoms with Crippen molar-refractivity contribution in [3.05, 3.63) is 71.6 Å². The molecule has 2 aromatic heterocycles. The molecule has 0 bridgehead atoms. The summed E-state index contributed by atoms with van der Waals surface area (Å²) in [6.45, 7) is 2.11. The van der Waals surface area contributed by atoms with Gasteiger partial charge in [-0.1, -0.05) is 28.9 Å². The van der Waals surface area contributed by atoms with E-state index in [-0.39, 0.29) is 5.91 Å². The molecule has 0 saturated heterocycles. The van der Waals surface area contributed by atoms with E-state index in [9.17, 15) is 4.79 Å². The van der Waals surface area contributed by atoms with Gasteiger partial charge in [-0.05, 0) is 42.0 Å². The Kier molecular flexibility index (Phi) is 4.90. The fraction of sp³-hybridized carbons (Fsp3) is 0.100. The number of hydrogen-bond acceptors (Lipinski definition) is 5. The Labute approximate surface area is 166 Å². The standard InChI is InChI=1S/C20H16ClN5O2/c1-13(27)23-17-8-2-14(3-9-17)10-26-11-18(22-12-26)20-24-19(25-28-20)15-4-6-16(21)7-5-15/h2-9,11-12H,10H2,1H3,(H,23,27). The maximum atomic E-state index is 11.1. The number of hydrogen-bond donors (Lipinski definition) is 1. The first-order valence-electron chi connectivity index (χ1n) is 8.55. The third-order valence-electron chi connectivity index (χ3n) is 4.02. The minimum Gasteiger partial charge on any atom is -0.332 e. The first kappa shape index (κ1) is 17.9. The third-order valence-corrected chi connectivity index (χ3v) is 4.27. The molecule has 0 aliphatic heterocycles. The van der Waals surface area contributed by atoms with Crippen LogP contribution in [0.1, 0.15) is 12.5 Å². The molecular formula is C20H16ClN5O2. The van der Waals surface area contributed by atoms with E-state index < -0.39 is 0 Å². The van der Waals surface area contributed by atoms with Crippen molar-refractivity contribution in [3.8, 4) is 23.0 Å². The van der Waals surface area contributed by atoms with Crippen LogP contribution in [-0.4, -0.2) is 25.6 Å². The van der Waals surface area contributed by atoms with E-state index in [2.05, 4.69) is 20.4 Å². The molecule has 2 aromatic carbocycles. The van der Waals surface area contributed by atoms with Crippen LogP contribution in [0.25, 0.3) is 23.0 Å². The Hall–Kier alpha value is -3.45. The molecule has 4 rings (SSSR count). The lowest BCUT2D eigenvalue weighted by molar-refractivity contribution is -0.114. The van der Waals surface area contributed by atoms with Crippen LogP contribution in [0.4, 0.5) is 5.69 Å². The van der Waals surface area contributed by atoms with Gasteiger partial charge < -0.3 is 14.4 Å². The highest BCUT2D eigenvalue weighted by molar-refractivity contribution is 6.30. The Morgan fingerprint density at radius 2 is 1.89 bits per heavy atom. The molecule has 8 heteroatoms. The van der Waals surface area contributed by atoms with Crippen molar-refractivity contribution in [3.63, 3.8) is 0 Å². The van der Waals surface area contributed by atoms with Gasteiger partial charge in [-0.15, -0.1) is 0 Å². The Morgan fingerprint density at radius 3 is 2.61 bits per heavy atom. The van der Waals surface area contributed by atoms with Gasteiger partial charge in [-0.3, -0.25) is 4.79 Å².